The molecule has 0 amide bonds. The molecule has 0 aliphatic heterocycles. The highest BCUT2D eigenvalue weighted by molar-refractivity contribution is 7.27. The summed E-state index contributed by atoms with van der Waals surface area (Å²) in [5.74, 6) is 0. The van der Waals surface area contributed by atoms with E-state index in [1.54, 1.807) is 0 Å². The Balaban J connectivity index is 1.10. The van der Waals surface area contributed by atoms with Crippen molar-refractivity contribution in [2.45, 2.75) is 0 Å². The summed E-state index contributed by atoms with van der Waals surface area (Å²) < 4.78 is 11.5. The monoisotopic (exact) mass is 699 g/mol. The Morgan fingerprint density at radius 2 is 1.04 bits per heavy atom. The zero-order valence-electron chi connectivity index (χ0n) is 27.9. The highest BCUT2D eigenvalue weighted by atomic mass is 32.1. The smallest absolute Gasteiger partial charge is 0.135 e. The van der Waals surface area contributed by atoms with E-state index in [0.29, 0.717) is 0 Å². The van der Waals surface area contributed by atoms with Gasteiger partial charge in [0.25, 0.3) is 0 Å². The number of hydrogen-bond acceptors (Lipinski definition) is 4. The molecule has 244 valence electrons. The van der Waals surface area contributed by atoms with Crippen LogP contribution in [-0.2, 0) is 0 Å². The molecule has 0 saturated heterocycles. The Bertz CT molecular complexity index is 3130. The fourth-order valence-electron chi connectivity index (χ4n) is 7.82. The van der Waals surface area contributed by atoms with E-state index in [9.17, 15) is 0 Å². The van der Waals surface area contributed by atoms with Gasteiger partial charge in [-0.15, -0.1) is 22.7 Å². The zero-order valence-corrected chi connectivity index (χ0v) is 29.5. The minimum atomic E-state index is 0.893. The van der Waals surface area contributed by atoms with Crippen LogP contribution in [0, 0.1) is 0 Å². The van der Waals surface area contributed by atoms with Crippen LogP contribution in [0.15, 0.2) is 180 Å². The number of furan rings is 1. The third kappa shape index (κ3) is 4.62. The Hall–Kier alpha value is -6.20. The second-order valence-electron chi connectivity index (χ2n) is 13.3. The Kier molecular flexibility index (Phi) is 6.63. The molecule has 3 aromatic heterocycles. The minimum absolute atomic E-state index is 0.893. The van der Waals surface area contributed by atoms with E-state index in [1.807, 2.05) is 34.8 Å². The first-order valence-corrected chi connectivity index (χ1v) is 19.1. The molecule has 0 saturated carbocycles. The summed E-state index contributed by atoms with van der Waals surface area (Å²) in [7, 11) is 0. The Labute approximate surface area is 308 Å². The summed E-state index contributed by atoms with van der Waals surface area (Å²) in [5, 5.41) is 7.43. The first-order valence-electron chi connectivity index (χ1n) is 17.5. The van der Waals surface area contributed by atoms with Crippen molar-refractivity contribution in [3.8, 4) is 22.3 Å². The molecular formula is C48H29NOS2. The van der Waals surface area contributed by atoms with Crippen LogP contribution in [-0.4, -0.2) is 0 Å². The molecule has 52 heavy (non-hydrogen) atoms. The number of thiophene rings is 2. The van der Waals surface area contributed by atoms with Gasteiger partial charge in [-0.25, -0.2) is 0 Å². The van der Waals surface area contributed by atoms with Crippen molar-refractivity contribution in [1.29, 1.82) is 0 Å². The van der Waals surface area contributed by atoms with Crippen molar-refractivity contribution in [1.82, 2.24) is 0 Å². The topological polar surface area (TPSA) is 16.4 Å². The van der Waals surface area contributed by atoms with Crippen molar-refractivity contribution in [2.24, 2.45) is 0 Å². The molecule has 0 unspecified atom stereocenters. The number of nitrogens with zero attached hydrogens (tertiary/aromatic N) is 1. The summed E-state index contributed by atoms with van der Waals surface area (Å²) in [4.78, 5) is 2.42. The highest BCUT2D eigenvalue weighted by Gasteiger charge is 2.21. The molecular weight excluding hydrogens is 671 g/mol. The van der Waals surface area contributed by atoms with Crippen molar-refractivity contribution < 1.29 is 4.42 Å². The molecule has 4 heteroatoms. The van der Waals surface area contributed by atoms with E-state index in [2.05, 4.69) is 169 Å². The second-order valence-corrected chi connectivity index (χ2v) is 15.4. The second kappa shape index (κ2) is 11.7. The van der Waals surface area contributed by atoms with Crippen LogP contribution in [0.4, 0.5) is 17.1 Å². The van der Waals surface area contributed by atoms with Gasteiger partial charge >= 0.3 is 0 Å². The molecule has 0 atom stereocenters. The standard InChI is InChI=1S/C48H29NOS2/c1-2-10-31(11-3-1)35-14-8-15-39-40-16-9-17-42(48(40)52-47(35)39)49(34-25-27-44-41(29-34)36-12-4-6-18-43(36)50-44)33-23-20-30(21-24-33)32-22-26-38-37-13-5-7-19-45(37)51-46(38)28-32/h1-29H. The van der Waals surface area contributed by atoms with Crippen LogP contribution < -0.4 is 4.90 Å². The van der Waals surface area contributed by atoms with E-state index >= 15 is 0 Å². The quantitative estimate of drug-likeness (QED) is 0.178. The molecule has 11 aromatic rings. The van der Waals surface area contributed by atoms with Gasteiger partial charge in [0.15, 0.2) is 0 Å². The van der Waals surface area contributed by atoms with Gasteiger partial charge in [-0.2, -0.15) is 0 Å². The number of rotatable bonds is 5. The first-order chi connectivity index (χ1) is 25.8. The highest BCUT2D eigenvalue weighted by Crippen LogP contribution is 2.48. The van der Waals surface area contributed by atoms with Gasteiger partial charge in [0.1, 0.15) is 11.2 Å². The van der Waals surface area contributed by atoms with Gasteiger partial charge in [0.2, 0.25) is 0 Å². The predicted molar refractivity (Wildman–Crippen MR) is 225 cm³/mol. The summed E-state index contributed by atoms with van der Waals surface area (Å²) in [6.45, 7) is 0. The Morgan fingerprint density at radius 1 is 0.365 bits per heavy atom. The zero-order chi connectivity index (χ0) is 34.2. The van der Waals surface area contributed by atoms with Gasteiger partial charge in [-0.1, -0.05) is 121 Å². The van der Waals surface area contributed by atoms with Crippen molar-refractivity contribution in [2.75, 3.05) is 4.90 Å². The Morgan fingerprint density at radius 3 is 1.92 bits per heavy atom. The molecule has 0 spiro atoms. The average Bonchev–Trinajstić information content (AvgIpc) is 3.90. The van der Waals surface area contributed by atoms with Gasteiger partial charge in [0.05, 0.1) is 10.4 Å². The van der Waals surface area contributed by atoms with Gasteiger partial charge in [-0.05, 0) is 76.9 Å². The molecule has 0 radical (unpaired) electrons. The maximum Gasteiger partial charge on any atom is 0.135 e. The molecule has 0 fully saturated rings. The summed E-state index contributed by atoms with van der Waals surface area (Å²) in [5.41, 5.74) is 10.1. The van der Waals surface area contributed by atoms with E-state index in [0.717, 1.165) is 39.0 Å². The van der Waals surface area contributed by atoms with Crippen LogP contribution in [0.1, 0.15) is 0 Å². The lowest BCUT2D eigenvalue weighted by atomic mass is 10.0. The molecule has 0 aliphatic rings. The molecule has 0 N–H and O–H groups in total. The summed E-state index contributed by atoms with van der Waals surface area (Å²) in [6, 6.07) is 63.7. The minimum Gasteiger partial charge on any atom is -0.456 e. The van der Waals surface area contributed by atoms with E-state index in [1.165, 1.54) is 62.6 Å². The van der Waals surface area contributed by atoms with Gasteiger partial charge in [-0.3, -0.25) is 0 Å². The van der Waals surface area contributed by atoms with Crippen LogP contribution >= 0.6 is 22.7 Å². The summed E-state index contributed by atoms with van der Waals surface area (Å²) in [6.07, 6.45) is 0. The number of fused-ring (bicyclic) bond motifs is 9. The van der Waals surface area contributed by atoms with Crippen molar-refractivity contribution in [3.05, 3.63) is 176 Å². The normalized spacial score (nSPS) is 11.8. The number of benzene rings is 8. The lowest BCUT2D eigenvalue weighted by Gasteiger charge is -2.26. The van der Waals surface area contributed by atoms with E-state index in [-0.39, 0.29) is 0 Å². The predicted octanol–water partition coefficient (Wildman–Crippen LogP) is 15.1. The molecule has 8 aromatic carbocycles. The fraction of sp³-hybridized carbons (Fsp3) is 0. The van der Waals surface area contributed by atoms with Crippen molar-refractivity contribution >= 4 is 102 Å². The molecule has 2 nitrogen and oxygen atoms in total. The van der Waals surface area contributed by atoms with Gasteiger partial charge in [0, 0.05) is 57.8 Å². The van der Waals surface area contributed by atoms with E-state index < -0.39 is 0 Å². The third-order valence-corrected chi connectivity index (χ3v) is 12.7. The van der Waals surface area contributed by atoms with Crippen molar-refractivity contribution in [3.63, 3.8) is 0 Å². The number of para-hydroxylation sites is 1. The maximum atomic E-state index is 6.26. The molecule has 0 bridgehead atoms. The van der Waals surface area contributed by atoms with E-state index in [4.69, 9.17) is 4.42 Å². The van der Waals surface area contributed by atoms with Crippen LogP contribution in [0.3, 0.4) is 0 Å². The lowest BCUT2D eigenvalue weighted by molar-refractivity contribution is 0.669. The SMILES string of the molecule is c1ccc(-c2cccc3c2sc2c(N(c4ccc(-c5ccc6c(c5)sc5ccccc56)cc4)c4ccc5oc6ccccc6c5c4)cccc23)cc1. The molecule has 0 aliphatic carbocycles. The van der Waals surface area contributed by atoms with Gasteiger partial charge < -0.3 is 9.32 Å². The van der Waals surface area contributed by atoms with Crippen LogP contribution in [0.2, 0.25) is 0 Å². The first kappa shape index (κ1) is 29.5. The fourth-order valence-corrected chi connectivity index (χ4v) is 10.3. The number of anilines is 3. The lowest BCUT2D eigenvalue weighted by Crippen LogP contribution is -2.10. The third-order valence-electron chi connectivity index (χ3n) is 10.3. The van der Waals surface area contributed by atoms with Crippen LogP contribution in [0.25, 0.3) is 84.5 Å². The number of hydrogen-bond donors (Lipinski definition) is 0. The largest absolute Gasteiger partial charge is 0.456 e. The van der Waals surface area contributed by atoms with Crippen LogP contribution in [0.5, 0.6) is 0 Å². The molecule has 11 rings (SSSR count). The summed E-state index contributed by atoms with van der Waals surface area (Å²) >= 11 is 3.74. The maximum absolute atomic E-state index is 6.26. The average molecular weight is 700 g/mol. The molecule has 3 heterocycles.